The maximum atomic E-state index is 6.21. The molecule has 1 saturated carbocycles. The van der Waals surface area contributed by atoms with Crippen molar-refractivity contribution >= 4 is 27.5 Å². The van der Waals surface area contributed by atoms with Gasteiger partial charge in [0.2, 0.25) is 0 Å². The maximum absolute atomic E-state index is 6.21. The van der Waals surface area contributed by atoms with Crippen LogP contribution in [0.15, 0.2) is 22.7 Å². The Balaban J connectivity index is 2.01. The summed E-state index contributed by atoms with van der Waals surface area (Å²) in [5.41, 5.74) is -0.000358. The number of halogens is 2. The summed E-state index contributed by atoms with van der Waals surface area (Å²) in [5.74, 6) is 0.802. The van der Waals surface area contributed by atoms with Gasteiger partial charge < -0.3 is 10.1 Å². The van der Waals surface area contributed by atoms with Gasteiger partial charge in [0, 0.05) is 4.47 Å². The number of nitrogens with one attached hydrogen (secondary N) is 1. The van der Waals surface area contributed by atoms with E-state index in [0.29, 0.717) is 5.02 Å². The van der Waals surface area contributed by atoms with Gasteiger partial charge in [-0.1, -0.05) is 34.5 Å². The molecule has 1 aliphatic carbocycles. The van der Waals surface area contributed by atoms with E-state index in [2.05, 4.69) is 28.2 Å². The summed E-state index contributed by atoms with van der Waals surface area (Å²) in [5, 5.41) is 4.04. The van der Waals surface area contributed by atoms with Gasteiger partial charge in [0.1, 0.15) is 11.4 Å². The molecule has 0 bridgehead atoms. The van der Waals surface area contributed by atoms with Crippen LogP contribution in [-0.2, 0) is 0 Å². The van der Waals surface area contributed by atoms with Crippen molar-refractivity contribution in [2.45, 2.75) is 38.2 Å². The van der Waals surface area contributed by atoms with Crippen LogP contribution < -0.4 is 10.1 Å². The van der Waals surface area contributed by atoms with Crippen molar-refractivity contribution in [3.05, 3.63) is 27.7 Å². The van der Waals surface area contributed by atoms with Gasteiger partial charge in [0.25, 0.3) is 0 Å². The standard InChI is InChI=1S/C14H19BrClNO/c1-2-17-9-8-14(6-3-7-14)18-13-5-4-11(15)10-12(13)16/h4-5,10,17H,2-3,6-9H2,1H3. The molecule has 2 rings (SSSR count). The van der Waals surface area contributed by atoms with Crippen LogP contribution in [0.2, 0.25) is 5.02 Å². The molecule has 0 saturated heterocycles. The number of ether oxygens (including phenoxy) is 1. The van der Waals surface area contributed by atoms with E-state index in [1.807, 2.05) is 18.2 Å². The molecule has 0 heterocycles. The number of hydrogen-bond donors (Lipinski definition) is 1. The van der Waals surface area contributed by atoms with E-state index in [0.717, 1.165) is 42.6 Å². The Morgan fingerprint density at radius 2 is 2.22 bits per heavy atom. The predicted molar refractivity (Wildman–Crippen MR) is 79.5 cm³/mol. The lowest BCUT2D eigenvalue weighted by Gasteiger charge is -2.42. The molecule has 0 unspecified atom stereocenters. The molecule has 0 atom stereocenters. The van der Waals surface area contributed by atoms with E-state index in [9.17, 15) is 0 Å². The van der Waals surface area contributed by atoms with E-state index < -0.39 is 0 Å². The van der Waals surface area contributed by atoms with E-state index in [1.165, 1.54) is 6.42 Å². The Labute approximate surface area is 122 Å². The van der Waals surface area contributed by atoms with Gasteiger partial charge in [-0.2, -0.15) is 0 Å². The normalized spacial score (nSPS) is 17.3. The van der Waals surface area contributed by atoms with Gasteiger partial charge in [0.05, 0.1) is 5.02 Å². The van der Waals surface area contributed by atoms with Gasteiger partial charge in [0.15, 0.2) is 0 Å². The Bertz CT molecular complexity index is 407. The SMILES string of the molecule is CCNCCC1(Oc2ccc(Br)cc2Cl)CCC1. The van der Waals surface area contributed by atoms with Gasteiger partial charge in [-0.25, -0.2) is 0 Å². The third-order valence-corrected chi connectivity index (χ3v) is 4.28. The van der Waals surface area contributed by atoms with E-state index in [4.69, 9.17) is 16.3 Å². The van der Waals surface area contributed by atoms with Gasteiger partial charge in [-0.05, 0) is 57.0 Å². The molecule has 1 fully saturated rings. The van der Waals surface area contributed by atoms with Crippen molar-refractivity contribution in [1.29, 1.82) is 0 Å². The fraction of sp³-hybridized carbons (Fsp3) is 0.571. The summed E-state index contributed by atoms with van der Waals surface area (Å²) in [6, 6.07) is 5.80. The maximum Gasteiger partial charge on any atom is 0.138 e. The van der Waals surface area contributed by atoms with Crippen molar-refractivity contribution in [3.8, 4) is 5.75 Å². The zero-order valence-electron chi connectivity index (χ0n) is 10.6. The van der Waals surface area contributed by atoms with Crippen LogP contribution in [0.1, 0.15) is 32.6 Å². The van der Waals surface area contributed by atoms with Crippen LogP contribution in [0.5, 0.6) is 5.75 Å². The van der Waals surface area contributed by atoms with Crippen LogP contribution in [-0.4, -0.2) is 18.7 Å². The van der Waals surface area contributed by atoms with Crippen LogP contribution in [0.25, 0.3) is 0 Å². The third-order valence-electron chi connectivity index (χ3n) is 3.49. The number of rotatable bonds is 6. The van der Waals surface area contributed by atoms with Crippen molar-refractivity contribution in [1.82, 2.24) is 5.32 Å². The summed E-state index contributed by atoms with van der Waals surface area (Å²) < 4.78 is 7.16. The lowest BCUT2D eigenvalue weighted by Crippen LogP contribution is -2.45. The summed E-state index contributed by atoms with van der Waals surface area (Å²) in [6.45, 7) is 4.14. The quantitative estimate of drug-likeness (QED) is 0.779. The smallest absolute Gasteiger partial charge is 0.138 e. The second-order valence-corrected chi connectivity index (χ2v) is 6.14. The molecule has 1 aromatic rings. The minimum Gasteiger partial charge on any atom is -0.486 e. The lowest BCUT2D eigenvalue weighted by atomic mass is 9.77. The molecule has 1 aromatic carbocycles. The predicted octanol–water partition coefficient (Wildman–Crippen LogP) is 4.40. The summed E-state index contributed by atoms with van der Waals surface area (Å²) in [6.07, 6.45) is 4.56. The molecule has 100 valence electrons. The van der Waals surface area contributed by atoms with Crippen LogP contribution in [0, 0.1) is 0 Å². The van der Waals surface area contributed by atoms with E-state index in [1.54, 1.807) is 0 Å². The van der Waals surface area contributed by atoms with Crippen molar-refractivity contribution in [2.75, 3.05) is 13.1 Å². The molecule has 0 aliphatic heterocycles. The molecule has 1 aliphatic rings. The molecule has 1 N–H and O–H groups in total. The first-order valence-electron chi connectivity index (χ1n) is 6.50. The average molecular weight is 333 g/mol. The summed E-state index contributed by atoms with van der Waals surface area (Å²) >= 11 is 9.62. The Morgan fingerprint density at radius 1 is 1.44 bits per heavy atom. The number of hydrogen-bond acceptors (Lipinski definition) is 2. The first-order chi connectivity index (χ1) is 8.65. The lowest BCUT2D eigenvalue weighted by molar-refractivity contribution is -0.0140. The largest absolute Gasteiger partial charge is 0.486 e. The zero-order chi connectivity index (χ0) is 13.0. The molecule has 0 aromatic heterocycles. The van der Waals surface area contributed by atoms with Gasteiger partial charge in [-0.3, -0.25) is 0 Å². The minimum atomic E-state index is -0.000358. The molecule has 18 heavy (non-hydrogen) atoms. The van der Waals surface area contributed by atoms with Crippen molar-refractivity contribution < 1.29 is 4.74 Å². The van der Waals surface area contributed by atoms with Gasteiger partial charge >= 0.3 is 0 Å². The molecule has 0 radical (unpaired) electrons. The number of benzene rings is 1. The second-order valence-electron chi connectivity index (χ2n) is 4.82. The summed E-state index contributed by atoms with van der Waals surface area (Å²) in [7, 11) is 0. The first kappa shape index (κ1) is 14.2. The van der Waals surface area contributed by atoms with Gasteiger partial charge in [-0.15, -0.1) is 0 Å². The molecular weight excluding hydrogens is 314 g/mol. The average Bonchev–Trinajstić information content (AvgIpc) is 2.29. The molecule has 0 amide bonds. The zero-order valence-corrected chi connectivity index (χ0v) is 13.0. The fourth-order valence-electron chi connectivity index (χ4n) is 2.26. The topological polar surface area (TPSA) is 21.3 Å². The van der Waals surface area contributed by atoms with Crippen LogP contribution in [0.3, 0.4) is 0 Å². The monoisotopic (exact) mass is 331 g/mol. The summed E-state index contributed by atoms with van der Waals surface area (Å²) in [4.78, 5) is 0. The second kappa shape index (κ2) is 6.27. The Kier molecular flexibility index (Phi) is 4.93. The fourth-order valence-corrected chi connectivity index (χ4v) is 2.97. The third kappa shape index (κ3) is 3.40. The Hall–Kier alpha value is -0.250. The van der Waals surface area contributed by atoms with E-state index in [-0.39, 0.29) is 5.60 Å². The molecule has 4 heteroatoms. The molecule has 0 spiro atoms. The van der Waals surface area contributed by atoms with E-state index >= 15 is 0 Å². The Morgan fingerprint density at radius 3 is 2.78 bits per heavy atom. The van der Waals surface area contributed by atoms with Crippen molar-refractivity contribution in [2.24, 2.45) is 0 Å². The highest BCUT2D eigenvalue weighted by molar-refractivity contribution is 9.10. The minimum absolute atomic E-state index is 0.000358. The van der Waals surface area contributed by atoms with Crippen LogP contribution >= 0.6 is 27.5 Å². The highest BCUT2D eigenvalue weighted by atomic mass is 79.9. The molecular formula is C14H19BrClNO. The molecule has 2 nitrogen and oxygen atoms in total. The van der Waals surface area contributed by atoms with Crippen LogP contribution in [0.4, 0.5) is 0 Å². The van der Waals surface area contributed by atoms with Crippen molar-refractivity contribution in [3.63, 3.8) is 0 Å². The highest BCUT2D eigenvalue weighted by Crippen LogP contribution is 2.41. The highest BCUT2D eigenvalue weighted by Gasteiger charge is 2.39. The first-order valence-corrected chi connectivity index (χ1v) is 7.67.